The second kappa shape index (κ2) is 5.89. The molecule has 0 atom stereocenters. The van der Waals surface area contributed by atoms with Gasteiger partial charge in [-0.05, 0) is 44.2 Å². The highest BCUT2D eigenvalue weighted by atomic mass is 35.5. The predicted molar refractivity (Wildman–Crippen MR) is 87.3 cm³/mol. The zero-order valence-electron chi connectivity index (χ0n) is 12.5. The molecule has 0 spiro atoms. The van der Waals surface area contributed by atoms with Crippen molar-refractivity contribution in [3.05, 3.63) is 52.6 Å². The molecule has 0 saturated heterocycles. The van der Waals surface area contributed by atoms with Crippen LogP contribution in [-0.4, -0.2) is 20.2 Å². The van der Waals surface area contributed by atoms with Gasteiger partial charge in [-0.1, -0.05) is 11.6 Å². The molecule has 0 aliphatic rings. The Morgan fingerprint density at radius 3 is 2.17 bits per heavy atom. The van der Waals surface area contributed by atoms with Gasteiger partial charge in [0.15, 0.2) is 0 Å². The van der Waals surface area contributed by atoms with Crippen LogP contribution < -0.4 is 5.73 Å². The van der Waals surface area contributed by atoms with Gasteiger partial charge in [-0.25, -0.2) is 9.37 Å². The van der Waals surface area contributed by atoms with Crippen LogP contribution in [0.4, 0.5) is 10.3 Å². The van der Waals surface area contributed by atoms with Gasteiger partial charge in [0.1, 0.15) is 17.2 Å². The first-order chi connectivity index (χ1) is 10.9. The van der Waals surface area contributed by atoms with E-state index in [1.807, 2.05) is 26.0 Å². The molecule has 0 bridgehead atoms. The number of aryl methyl sites for hydroxylation is 2. The summed E-state index contributed by atoms with van der Waals surface area (Å²) in [7, 11) is 0. The zero-order valence-corrected chi connectivity index (χ0v) is 13.3. The number of pyridine rings is 1. The van der Waals surface area contributed by atoms with Crippen molar-refractivity contribution in [3.8, 4) is 22.5 Å². The van der Waals surface area contributed by atoms with Gasteiger partial charge in [0.05, 0.1) is 0 Å². The highest BCUT2D eigenvalue weighted by Gasteiger charge is 2.15. The predicted octanol–water partition coefficient (Wildman–Crippen LogP) is 3.59. The number of anilines is 1. The molecule has 7 heteroatoms. The molecule has 0 radical (unpaired) electrons. The number of aromatic nitrogens is 4. The summed E-state index contributed by atoms with van der Waals surface area (Å²) < 4.78 is 13.7. The minimum atomic E-state index is -0.460. The summed E-state index contributed by atoms with van der Waals surface area (Å²) in [4.78, 5) is 8.55. The largest absolute Gasteiger partial charge is 0.366 e. The number of hydrogen-bond acceptors (Lipinski definition) is 5. The van der Waals surface area contributed by atoms with Crippen molar-refractivity contribution in [1.82, 2.24) is 20.2 Å². The lowest BCUT2D eigenvalue weighted by atomic mass is 10.0. The molecule has 0 amide bonds. The highest BCUT2D eigenvalue weighted by Crippen LogP contribution is 2.31. The third-order valence-electron chi connectivity index (χ3n) is 3.19. The van der Waals surface area contributed by atoms with Crippen molar-refractivity contribution in [2.75, 3.05) is 5.73 Å². The summed E-state index contributed by atoms with van der Waals surface area (Å²) in [6, 6.07) is 7.89. The number of halogens is 2. The Balaban J connectivity index is 2.26. The lowest BCUT2D eigenvalue weighted by Gasteiger charge is -2.10. The third-order valence-corrected chi connectivity index (χ3v) is 3.41. The van der Waals surface area contributed by atoms with Crippen LogP contribution in [-0.2, 0) is 0 Å². The van der Waals surface area contributed by atoms with E-state index in [4.69, 9.17) is 17.3 Å². The first-order valence-corrected chi connectivity index (χ1v) is 7.22. The molecule has 0 aliphatic heterocycles. The fraction of sp³-hybridized carbons (Fsp3) is 0.125. The van der Waals surface area contributed by atoms with Gasteiger partial charge in [0.2, 0.25) is 5.95 Å². The van der Waals surface area contributed by atoms with Gasteiger partial charge in [0, 0.05) is 27.5 Å². The van der Waals surface area contributed by atoms with Gasteiger partial charge >= 0.3 is 0 Å². The number of nitrogens with zero attached hydrogens (tertiary/aromatic N) is 4. The quantitative estimate of drug-likeness (QED) is 0.777. The number of nitrogen functional groups attached to an aromatic ring is 1. The standard InChI is InChI=1S/C16H13ClFN5/c1-8-3-10(4-9(2)20-8)15-14(21-16(19)23-22-15)11-5-12(17)7-13(18)6-11/h3-7H,1-2H3,(H2,19,21,23). The molecule has 3 rings (SSSR count). The van der Waals surface area contributed by atoms with Crippen molar-refractivity contribution >= 4 is 17.5 Å². The van der Waals surface area contributed by atoms with Crippen molar-refractivity contribution in [3.63, 3.8) is 0 Å². The van der Waals surface area contributed by atoms with Crippen LogP contribution >= 0.6 is 11.6 Å². The monoisotopic (exact) mass is 329 g/mol. The Kier molecular flexibility index (Phi) is 3.92. The van der Waals surface area contributed by atoms with Crippen LogP contribution in [0.15, 0.2) is 30.3 Å². The Labute approximate surface area is 137 Å². The first kappa shape index (κ1) is 15.3. The summed E-state index contributed by atoms with van der Waals surface area (Å²) in [6.45, 7) is 3.76. The maximum absolute atomic E-state index is 13.7. The van der Waals surface area contributed by atoms with E-state index in [1.54, 1.807) is 6.07 Å². The maximum atomic E-state index is 13.7. The Morgan fingerprint density at radius 1 is 0.870 bits per heavy atom. The zero-order chi connectivity index (χ0) is 16.6. The van der Waals surface area contributed by atoms with E-state index < -0.39 is 5.82 Å². The van der Waals surface area contributed by atoms with Crippen LogP contribution in [0.1, 0.15) is 11.4 Å². The summed E-state index contributed by atoms with van der Waals surface area (Å²) >= 11 is 5.94. The molecule has 0 saturated carbocycles. The van der Waals surface area contributed by atoms with Crippen molar-refractivity contribution < 1.29 is 4.39 Å². The lowest BCUT2D eigenvalue weighted by Crippen LogP contribution is -2.03. The molecule has 0 fully saturated rings. The smallest absolute Gasteiger partial charge is 0.240 e. The van der Waals surface area contributed by atoms with E-state index >= 15 is 0 Å². The van der Waals surface area contributed by atoms with E-state index in [2.05, 4.69) is 20.2 Å². The Hall–Kier alpha value is -2.60. The second-order valence-corrected chi connectivity index (χ2v) is 5.60. The number of benzene rings is 1. The minimum absolute atomic E-state index is 0.00614. The summed E-state index contributed by atoms with van der Waals surface area (Å²) in [5.74, 6) is -0.454. The van der Waals surface area contributed by atoms with E-state index in [1.165, 1.54) is 12.1 Å². The molecule has 2 heterocycles. The molecular formula is C16H13ClFN5. The molecule has 1 aromatic carbocycles. The van der Waals surface area contributed by atoms with Crippen LogP contribution in [0.5, 0.6) is 0 Å². The van der Waals surface area contributed by atoms with E-state index in [0.29, 0.717) is 17.0 Å². The van der Waals surface area contributed by atoms with Crippen LogP contribution in [0.25, 0.3) is 22.5 Å². The molecular weight excluding hydrogens is 317 g/mol. The van der Waals surface area contributed by atoms with Crippen LogP contribution in [0.2, 0.25) is 5.02 Å². The second-order valence-electron chi connectivity index (χ2n) is 5.16. The van der Waals surface area contributed by atoms with Gasteiger partial charge < -0.3 is 5.73 Å². The van der Waals surface area contributed by atoms with E-state index in [9.17, 15) is 4.39 Å². The topological polar surface area (TPSA) is 77.6 Å². The van der Waals surface area contributed by atoms with Crippen molar-refractivity contribution in [1.29, 1.82) is 0 Å². The Bertz CT molecular complexity index is 857. The molecule has 3 aromatic rings. The molecule has 2 aromatic heterocycles. The summed E-state index contributed by atoms with van der Waals surface area (Å²) in [5, 5.41) is 8.22. The normalized spacial score (nSPS) is 10.8. The van der Waals surface area contributed by atoms with E-state index in [-0.39, 0.29) is 11.0 Å². The highest BCUT2D eigenvalue weighted by molar-refractivity contribution is 6.30. The van der Waals surface area contributed by atoms with Gasteiger partial charge in [-0.2, -0.15) is 0 Å². The molecule has 2 N–H and O–H groups in total. The summed E-state index contributed by atoms with van der Waals surface area (Å²) in [6.07, 6.45) is 0. The number of nitrogens with two attached hydrogens (primary N) is 1. The Morgan fingerprint density at radius 2 is 1.52 bits per heavy atom. The molecule has 0 aliphatic carbocycles. The van der Waals surface area contributed by atoms with Crippen molar-refractivity contribution in [2.24, 2.45) is 0 Å². The molecule has 116 valence electrons. The van der Waals surface area contributed by atoms with Crippen LogP contribution in [0, 0.1) is 19.7 Å². The summed E-state index contributed by atoms with van der Waals surface area (Å²) in [5.41, 5.74) is 9.51. The minimum Gasteiger partial charge on any atom is -0.366 e. The molecule has 0 unspecified atom stereocenters. The fourth-order valence-corrected chi connectivity index (χ4v) is 2.62. The average molecular weight is 330 g/mol. The van der Waals surface area contributed by atoms with Gasteiger partial charge in [-0.15, -0.1) is 10.2 Å². The van der Waals surface area contributed by atoms with E-state index in [0.717, 1.165) is 17.0 Å². The third kappa shape index (κ3) is 3.27. The lowest BCUT2D eigenvalue weighted by molar-refractivity contribution is 0.628. The van der Waals surface area contributed by atoms with Crippen LogP contribution in [0.3, 0.4) is 0 Å². The van der Waals surface area contributed by atoms with Gasteiger partial charge in [0.25, 0.3) is 0 Å². The number of rotatable bonds is 2. The maximum Gasteiger partial charge on any atom is 0.240 e. The molecule has 23 heavy (non-hydrogen) atoms. The average Bonchev–Trinajstić information content (AvgIpc) is 2.45. The fourth-order valence-electron chi connectivity index (χ4n) is 2.40. The molecule has 5 nitrogen and oxygen atoms in total. The van der Waals surface area contributed by atoms with Crippen molar-refractivity contribution in [2.45, 2.75) is 13.8 Å². The van der Waals surface area contributed by atoms with Gasteiger partial charge in [-0.3, -0.25) is 4.98 Å². The first-order valence-electron chi connectivity index (χ1n) is 6.85. The SMILES string of the molecule is Cc1cc(-c2nnc(N)nc2-c2cc(F)cc(Cl)c2)cc(C)n1. The number of hydrogen-bond donors (Lipinski definition) is 1.